The zero-order valence-electron chi connectivity index (χ0n) is 3.73. The molecular weight excluding hydrogens is 76.1 g/mol. The smallest absolute Gasteiger partial charge is 0.0621 e. The summed E-state index contributed by atoms with van der Waals surface area (Å²) in [5, 5.41) is 8.37. The minimum absolute atomic E-state index is 0.347. The molecule has 1 heteroatoms. The van der Waals surface area contributed by atoms with E-state index >= 15 is 0 Å². The van der Waals surface area contributed by atoms with Gasteiger partial charge in [0, 0.05) is 6.42 Å². The van der Waals surface area contributed by atoms with Crippen LogP contribution in [-0.2, 0) is 0 Å². The molecule has 0 heterocycles. The molecule has 0 aliphatic carbocycles. The molecule has 0 bridgehead atoms. The monoisotopic (exact) mass is 83.0 g/mol. The van der Waals surface area contributed by atoms with Crippen molar-refractivity contribution in [1.82, 2.24) is 0 Å². The predicted molar refractivity (Wildman–Crippen MR) is 23.4 cm³/mol. The summed E-state index contributed by atoms with van der Waals surface area (Å²) in [5.74, 6) is 2.07. The summed E-state index contributed by atoms with van der Waals surface area (Å²) in [5.41, 5.74) is 0. The van der Waals surface area contributed by atoms with E-state index in [1.165, 1.54) is 0 Å². The van der Waals surface area contributed by atoms with Crippen molar-refractivity contribution in [3.05, 3.63) is 6.42 Å². The fourth-order valence-electron chi connectivity index (χ4n) is 0.148. The lowest BCUT2D eigenvalue weighted by molar-refractivity contribution is 0.201. The highest BCUT2D eigenvalue weighted by Gasteiger charge is 1.85. The maximum atomic E-state index is 8.37. The SMILES string of the molecule is [C]#CCC(C)O. The summed E-state index contributed by atoms with van der Waals surface area (Å²) in [7, 11) is 0. The Morgan fingerprint density at radius 2 is 2.50 bits per heavy atom. The third-order valence-corrected chi connectivity index (χ3v) is 0.397. The van der Waals surface area contributed by atoms with E-state index < -0.39 is 6.10 Å². The van der Waals surface area contributed by atoms with E-state index in [1.807, 2.05) is 0 Å². The van der Waals surface area contributed by atoms with Gasteiger partial charge in [-0.2, -0.15) is 0 Å². The summed E-state index contributed by atoms with van der Waals surface area (Å²) < 4.78 is 0. The highest BCUT2D eigenvalue weighted by atomic mass is 16.3. The van der Waals surface area contributed by atoms with Gasteiger partial charge in [-0.3, -0.25) is 0 Å². The molecule has 0 spiro atoms. The fourth-order valence-corrected chi connectivity index (χ4v) is 0.148. The van der Waals surface area contributed by atoms with Gasteiger partial charge in [-0.05, 0) is 13.3 Å². The summed E-state index contributed by atoms with van der Waals surface area (Å²) in [6.45, 7) is 1.63. The van der Waals surface area contributed by atoms with Crippen LogP contribution in [0.3, 0.4) is 0 Å². The molecule has 33 valence electrons. The van der Waals surface area contributed by atoms with Crippen LogP contribution in [0.1, 0.15) is 13.3 Å². The van der Waals surface area contributed by atoms with Crippen LogP contribution in [0.4, 0.5) is 0 Å². The molecule has 0 rings (SSSR count). The molecule has 0 aromatic carbocycles. The zero-order chi connectivity index (χ0) is 4.99. The lowest BCUT2D eigenvalue weighted by Gasteiger charge is -1.90. The van der Waals surface area contributed by atoms with Gasteiger partial charge in [0.05, 0.1) is 6.10 Å². The highest BCUT2D eigenvalue weighted by molar-refractivity contribution is 4.77. The molecule has 0 saturated carbocycles. The van der Waals surface area contributed by atoms with Gasteiger partial charge < -0.3 is 5.11 Å². The van der Waals surface area contributed by atoms with Crippen molar-refractivity contribution in [3.8, 4) is 5.92 Å². The van der Waals surface area contributed by atoms with E-state index in [1.54, 1.807) is 6.92 Å². The summed E-state index contributed by atoms with van der Waals surface area (Å²) in [6, 6.07) is 0. The molecule has 1 nitrogen and oxygen atoms in total. The average molecular weight is 83.1 g/mol. The molecule has 1 radical (unpaired) electrons. The van der Waals surface area contributed by atoms with Gasteiger partial charge in [-0.25, -0.2) is 0 Å². The van der Waals surface area contributed by atoms with E-state index in [9.17, 15) is 0 Å². The first-order valence-electron chi connectivity index (χ1n) is 1.85. The van der Waals surface area contributed by atoms with Crippen LogP contribution in [0, 0.1) is 12.3 Å². The first-order chi connectivity index (χ1) is 2.77. The molecule has 0 aliphatic heterocycles. The van der Waals surface area contributed by atoms with Crippen molar-refractivity contribution in [2.75, 3.05) is 0 Å². The topological polar surface area (TPSA) is 20.2 Å². The molecule has 6 heavy (non-hydrogen) atoms. The van der Waals surface area contributed by atoms with Crippen LogP contribution in [0.15, 0.2) is 0 Å². The molecule has 0 aliphatic rings. The van der Waals surface area contributed by atoms with E-state index in [2.05, 4.69) is 5.92 Å². The summed E-state index contributed by atoms with van der Waals surface area (Å²) in [4.78, 5) is 0. The average Bonchev–Trinajstić information content (AvgIpc) is 1.35. The van der Waals surface area contributed by atoms with Gasteiger partial charge in [-0.1, -0.05) is 5.92 Å². The maximum absolute atomic E-state index is 8.37. The molecule has 0 fully saturated rings. The van der Waals surface area contributed by atoms with Gasteiger partial charge in [0.15, 0.2) is 0 Å². The third-order valence-electron chi connectivity index (χ3n) is 0.397. The summed E-state index contributed by atoms with van der Waals surface area (Å²) >= 11 is 0. The van der Waals surface area contributed by atoms with Crippen LogP contribution >= 0.6 is 0 Å². The lowest BCUT2D eigenvalue weighted by atomic mass is 10.3. The fraction of sp³-hybridized carbons (Fsp3) is 0.600. The van der Waals surface area contributed by atoms with Gasteiger partial charge in [-0.15, -0.1) is 0 Å². The zero-order valence-corrected chi connectivity index (χ0v) is 3.73. The maximum Gasteiger partial charge on any atom is 0.0621 e. The number of aliphatic hydroxyl groups is 1. The molecule has 0 aromatic rings. The normalized spacial score (nSPS) is 12.8. The van der Waals surface area contributed by atoms with Crippen molar-refractivity contribution in [1.29, 1.82) is 0 Å². The number of rotatable bonds is 1. The van der Waals surface area contributed by atoms with Crippen molar-refractivity contribution in [3.63, 3.8) is 0 Å². The Morgan fingerprint density at radius 1 is 2.00 bits per heavy atom. The molecule has 1 atom stereocenters. The standard InChI is InChI=1S/C5H7O/c1-3-4-5(2)6/h5-6H,4H2,2H3. The predicted octanol–water partition coefficient (Wildman–Crippen LogP) is 0.347. The Morgan fingerprint density at radius 3 is 2.50 bits per heavy atom. The van der Waals surface area contributed by atoms with E-state index in [0.29, 0.717) is 6.42 Å². The molecule has 1 N–H and O–H groups in total. The third kappa shape index (κ3) is 3.52. The largest absolute Gasteiger partial charge is 0.392 e. The summed E-state index contributed by atoms with van der Waals surface area (Å²) in [6.07, 6.45) is 6.27. The van der Waals surface area contributed by atoms with Crippen LogP contribution in [-0.4, -0.2) is 11.2 Å². The minimum Gasteiger partial charge on any atom is -0.392 e. The van der Waals surface area contributed by atoms with Gasteiger partial charge in [0.25, 0.3) is 0 Å². The van der Waals surface area contributed by atoms with Gasteiger partial charge in [0.2, 0.25) is 0 Å². The first-order valence-corrected chi connectivity index (χ1v) is 1.85. The first kappa shape index (κ1) is 5.52. The Labute approximate surface area is 38.0 Å². The van der Waals surface area contributed by atoms with Crippen LogP contribution in [0.5, 0.6) is 0 Å². The van der Waals surface area contributed by atoms with E-state index in [4.69, 9.17) is 11.5 Å². The highest BCUT2D eigenvalue weighted by Crippen LogP contribution is 1.82. The Bertz CT molecular complexity index is 58.8. The second-order valence-corrected chi connectivity index (χ2v) is 1.23. The van der Waals surface area contributed by atoms with Crippen molar-refractivity contribution in [2.45, 2.75) is 19.4 Å². The lowest BCUT2D eigenvalue weighted by Crippen LogP contribution is -1.94. The molecule has 1 unspecified atom stereocenters. The molecular formula is C5H7O. The van der Waals surface area contributed by atoms with E-state index in [0.717, 1.165) is 0 Å². The van der Waals surface area contributed by atoms with Gasteiger partial charge in [0.1, 0.15) is 0 Å². The molecule has 0 saturated heterocycles. The second kappa shape index (κ2) is 2.74. The quantitative estimate of drug-likeness (QED) is 0.453. The van der Waals surface area contributed by atoms with Crippen molar-refractivity contribution >= 4 is 0 Å². The second-order valence-electron chi connectivity index (χ2n) is 1.23. The Kier molecular flexibility index (Phi) is 2.52. The molecule has 0 aromatic heterocycles. The number of hydrogen-bond donors (Lipinski definition) is 1. The molecule has 0 amide bonds. The van der Waals surface area contributed by atoms with Crippen LogP contribution in [0.2, 0.25) is 0 Å². The van der Waals surface area contributed by atoms with Crippen molar-refractivity contribution in [2.24, 2.45) is 0 Å². The number of aliphatic hydroxyl groups excluding tert-OH is 1. The van der Waals surface area contributed by atoms with Crippen LogP contribution in [0.25, 0.3) is 0 Å². The van der Waals surface area contributed by atoms with Crippen molar-refractivity contribution < 1.29 is 5.11 Å². The number of hydrogen-bond acceptors (Lipinski definition) is 1. The van der Waals surface area contributed by atoms with Crippen LogP contribution < -0.4 is 0 Å². The van der Waals surface area contributed by atoms with Gasteiger partial charge >= 0.3 is 0 Å². The Balaban J connectivity index is 2.88. The Hall–Kier alpha value is -0.480. The van der Waals surface area contributed by atoms with E-state index in [-0.39, 0.29) is 0 Å². The minimum atomic E-state index is -0.400.